The summed E-state index contributed by atoms with van der Waals surface area (Å²) < 4.78 is 27.9. The fourth-order valence-corrected chi connectivity index (χ4v) is 4.52. The molecule has 2 aromatic carbocycles. The van der Waals surface area contributed by atoms with Crippen molar-refractivity contribution < 1.29 is 13.2 Å². The van der Waals surface area contributed by atoms with Gasteiger partial charge in [-0.2, -0.15) is 0 Å². The molecule has 1 saturated heterocycles. The van der Waals surface area contributed by atoms with Crippen molar-refractivity contribution in [3.63, 3.8) is 0 Å². The summed E-state index contributed by atoms with van der Waals surface area (Å²) in [7, 11) is -3.60. The third-order valence-corrected chi connectivity index (χ3v) is 6.52. The Labute approximate surface area is 162 Å². The Kier molecular flexibility index (Phi) is 6.11. The molecule has 0 aliphatic carbocycles. The van der Waals surface area contributed by atoms with Gasteiger partial charge in [-0.3, -0.25) is 4.79 Å². The zero-order valence-corrected chi connectivity index (χ0v) is 16.7. The maximum atomic E-state index is 12.6. The minimum atomic E-state index is -3.60. The Morgan fingerprint density at radius 2 is 1.81 bits per heavy atom. The molecule has 1 aliphatic rings. The molecule has 1 unspecified atom stereocenters. The Balaban J connectivity index is 1.57. The third kappa shape index (κ3) is 4.52. The number of hydrogen-bond acceptors (Lipinski definition) is 3. The first-order valence-electron chi connectivity index (χ1n) is 8.57. The molecule has 0 spiro atoms. The highest BCUT2D eigenvalue weighted by atomic mass is 79.9. The smallest absolute Gasteiger partial charge is 0.240 e. The van der Waals surface area contributed by atoms with Crippen molar-refractivity contribution in [2.75, 3.05) is 13.1 Å². The monoisotopic (exact) mass is 436 g/mol. The van der Waals surface area contributed by atoms with Crippen LogP contribution < -0.4 is 4.72 Å². The van der Waals surface area contributed by atoms with Crippen LogP contribution in [0.4, 0.5) is 0 Å². The van der Waals surface area contributed by atoms with Gasteiger partial charge in [-0.25, -0.2) is 13.1 Å². The number of hydrogen-bond donors (Lipinski definition) is 1. The summed E-state index contributed by atoms with van der Waals surface area (Å²) in [6.45, 7) is 0.813. The Bertz CT molecular complexity index is 854. The quantitative estimate of drug-likeness (QED) is 0.753. The number of rotatable bonds is 6. The Hall–Kier alpha value is -1.70. The van der Waals surface area contributed by atoms with E-state index < -0.39 is 10.0 Å². The number of sulfonamides is 1. The second-order valence-corrected chi connectivity index (χ2v) is 8.94. The van der Waals surface area contributed by atoms with Crippen molar-refractivity contribution in [3.8, 4) is 0 Å². The molecule has 0 saturated carbocycles. The van der Waals surface area contributed by atoms with E-state index in [1.807, 2.05) is 35.2 Å². The predicted octanol–water partition coefficient (Wildman–Crippen LogP) is 3.48. The predicted molar refractivity (Wildman–Crippen MR) is 104 cm³/mol. The summed E-state index contributed by atoms with van der Waals surface area (Å²) in [5.74, 6) is -0.0186. The molecule has 0 aromatic heterocycles. The summed E-state index contributed by atoms with van der Waals surface area (Å²) in [5.41, 5.74) is 1.13. The molecule has 3 rings (SSSR count). The minimum absolute atomic E-state index is 0.0186. The SMILES string of the molecule is O=C(CCNS(=O)(=O)c1ccc(Br)cc1)N1CCCC1c1ccccc1. The second-order valence-electron chi connectivity index (χ2n) is 6.26. The lowest BCUT2D eigenvalue weighted by Gasteiger charge is -2.25. The van der Waals surface area contributed by atoms with Crippen molar-refractivity contribution in [2.45, 2.75) is 30.2 Å². The number of halogens is 1. The van der Waals surface area contributed by atoms with E-state index in [9.17, 15) is 13.2 Å². The summed E-state index contributed by atoms with van der Waals surface area (Å²) in [6, 6.07) is 16.5. The molecule has 1 amide bonds. The van der Waals surface area contributed by atoms with Gasteiger partial charge in [0.25, 0.3) is 0 Å². The topological polar surface area (TPSA) is 66.5 Å². The lowest BCUT2D eigenvalue weighted by molar-refractivity contribution is -0.131. The highest BCUT2D eigenvalue weighted by molar-refractivity contribution is 9.10. The zero-order valence-electron chi connectivity index (χ0n) is 14.3. The van der Waals surface area contributed by atoms with Crippen LogP contribution in [0.5, 0.6) is 0 Å². The van der Waals surface area contributed by atoms with E-state index in [4.69, 9.17) is 0 Å². The number of likely N-dealkylation sites (tertiary alicyclic amines) is 1. The fourth-order valence-electron chi connectivity index (χ4n) is 3.22. The average Bonchev–Trinajstić information content (AvgIpc) is 3.12. The Morgan fingerprint density at radius 3 is 2.50 bits per heavy atom. The van der Waals surface area contributed by atoms with Gasteiger partial charge in [0.2, 0.25) is 15.9 Å². The molecule has 1 heterocycles. The van der Waals surface area contributed by atoms with E-state index in [0.717, 1.165) is 29.4 Å². The van der Waals surface area contributed by atoms with Crippen LogP contribution in [0.3, 0.4) is 0 Å². The molecule has 1 atom stereocenters. The first kappa shape index (κ1) is 19.1. The standard InChI is InChI=1S/C19H21BrN2O3S/c20-16-8-10-17(11-9-16)26(24,25)21-13-12-19(23)22-14-4-7-18(22)15-5-2-1-3-6-15/h1-3,5-6,8-11,18,21H,4,7,12-14H2. The van der Waals surface area contributed by atoms with E-state index in [2.05, 4.69) is 20.7 Å². The van der Waals surface area contributed by atoms with Crippen LogP contribution in [-0.4, -0.2) is 32.3 Å². The van der Waals surface area contributed by atoms with Crippen molar-refractivity contribution in [1.29, 1.82) is 0 Å². The summed E-state index contributed by atoms with van der Waals surface area (Å²) in [6.07, 6.45) is 2.06. The lowest BCUT2D eigenvalue weighted by Crippen LogP contribution is -2.34. The number of nitrogens with zero attached hydrogens (tertiary/aromatic N) is 1. The molecule has 138 valence electrons. The molecule has 1 aliphatic heterocycles. The lowest BCUT2D eigenvalue weighted by atomic mass is 10.0. The van der Waals surface area contributed by atoms with Crippen molar-refractivity contribution in [2.24, 2.45) is 0 Å². The molecule has 5 nitrogen and oxygen atoms in total. The molecule has 26 heavy (non-hydrogen) atoms. The molecule has 1 fully saturated rings. The van der Waals surface area contributed by atoms with Gasteiger partial charge >= 0.3 is 0 Å². The molecule has 1 N–H and O–H groups in total. The zero-order chi connectivity index (χ0) is 18.6. The van der Waals surface area contributed by atoms with Crippen LogP contribution in [0.2, 0.25) is 0 Å². The number of nitrogens with one attached hydrogen (secondary N) is 1. The Morgan fingerprint density at radius 1 is 1.12 bits per heavy atom. The van der Waals surface area contributed by atoms with Gasteiger partial charge in [0.15, 0.2) is 0 Å². The van der Waals surface area contributed by atoms with E-state index in [1.165, 1.54) is 12.1 Å². The molecule has 2 aromatic rings. The third-order valence-electron chi connectivity index (χ3n) is 4.51. The first-order chi connectivity index (χ1) is 12.5. The average molecular weight is 437 g/mol. The van der Waals surface area contributed by atoms with Crippen LogP contribution in [0, 0.1) is 0 Å². The van der Waals surface area contributed by atoms with Crippen LogP contribution in [-0.2, 0) is 14.8 Å². The normalized spacial score (nSPS) is 17.4. The van der Waals surface area contributed by atoms with E-state index in [-0.39, 0.29) is 29.8 Å². The van der Waals surface area contributed by atoms with Gasteiger partial charge in [-0.1, -0.05) is 46.3 Å². The van der Waals surface area contributed by atoms with Gasteiger partial charge in [0.05, 0.1) is 10.9 Å². The van der Waals surface area contributed by atoms with Crippen molar-refractivity contribution in [3.05, 3.63) is 64.6 Å². The van der Waals surface area contributed by atoms with Crippen LogP contribution >= 0.6 is 15.9 Å². The minimum Gasteiger partial charge on any atom is -0.336 e. The molecular formula is C19H21BrN2O3S. The van der Waals surface area contributed by atoms with Crippen molar-refractivity contribution >= 4 is 31.9 Å². The molecule has 0 bridgehead atoms. The maximum Gasteiger partial charge on any atom is 0.240 e. The maximum absolute atomic E-state index is 12.6. The largest absolute Gasteiger partial charge is 0.336 e. The summed E-state index contributed by atoms with van der Waals surface area (Å²) in [5, 5.41) is 0. The van der Waals surface area contributed by atoms with E-state index in [0.29, 0.717) is 0 Å². The van der Waals surface area contributed by atoms with Gasteiger partial charge < -0.3 is 4.90 Å². The second kappa shape index (κ2) is 8.33. The van der Waals surface area contributed by atoms with Crippen LogP contribution in [0.25, 0.3) is 0 Å². The van der Waals surface area contributed by atoms with Gasteiger partial charge in [0.1, 0.15) is 0 Å². The van der Waals surface area contributed by atoms with Crippen molar-refractivity contribution in [1.82, 2.24) is 9.62 Å². The van der Waals surface area contributed by atoms with E-state index >= 15 is 0 Å². The summed E-state index contributed by atoms with van der Waals surface area (Å²) in [4.78, 5) is 14.6. The van der Waals surface area contributed by atoms with E-state index in [1.54, 1.807) is 12.1 Å². The fraction of sp³-hybridized carbons (Fsp3) is 0.316. The van der Waals surface area contributed by atoms with Gasteiger partial charge in [-0.15, -0.1) is 0 Å². The number of carbonyl (C=O) groups excluding carboxylic acids is 1. The van der Waals surface area contributed by atoms with Gasteiger partial charge in [-0.05, 0) is 42.7 Å². The molecule has 7 heteroatoms. The number of benzene rings is 2. The van der Waals surface area contributed by atoms with Crippen LogP contribution in [0.1, 0.15) is 30.9 Å². The van der Waals surface area contributed by atoms with Crippen LogP contribution in [0.15, 0.2) is 64.0 Å². The summed E-state index contributed by atoms with van der Waals surface area (Å²) >= 11 is 3.28. The highest BCUT2D eigenvalue weighted by Crippen LogP contribution is 2.32. The van der Waals surface area contributed by atoms with Gasteiger partial charge in [0, 0.05) is 24.0 Å². The number of amides is 1. The first-order valence-corrected chi connectivity index (χ1v) is 10.8. The highest BCUT2D eigenvalue weighted by Gasteiger charge is 2.29. The molecule has 0 radical (unpaired) electrons. The number of carbonyl (C=O) groups is 1. The molecular weight excluding hydrogens is 416 g/mol.